The molecule has 0 saturated carbocycles. The normalized spacial score (nSPS) is 21.2. The second-order valence-corrected chi connectivity index (χ2v) is 5.69. The fourth-order valence-electron chi connectivity index (χ4n) is 2.57. The molecule has 112 valence electrons. The number of likely N-dealkylation sites (N-methyl/N-ethyl adjacent to an activating group) is 1. The van der Waals surface area contributed by atoms with Gasteiger partial charge >= 0.3 is 6.03 Å². The number of nitrogens with one attached hydrogen (secondary N) is 1. The summed E-state index contributed by atoms with van der Waals surface area (Å²) < 4.78 is 0. The molecule has 5 nitrogen and oxygen atoms in total. The van der Waals surface area contributed by atoms with Gasteiger partial charge in [-0.1, -0.05) is 6.92 Å². The highest BCUT2D eigenvalue weighted by molar-refractivity contribution is 5.74. The minimum absolute atomic E-state index is 0.00274. The van der Waals surface area contributed by atoms with Crippen molar-refractivity contribution in [2.75, 3.05) is 32.7 Å². The smallest absolute Gasteiger partial charge is 0.317 e. The number of urea groups is 1. The topological polar surface area (TPSA) is 55.8 Å². The first-order valence-corrected chi connectivity index (χ1v) is 7.40. The van der Waals surface area contributed by atoms with Crippen molar-refractivity contribution >= 4 is 6.03 Å². The number of hydrogen-bond donors (Lipinski definition) is 2. The number of rotatable bonds is 6. The zero-order valence-electron chi connectivity index (χ0n) is 12.7. The van der Waals surface area contributed by atoms with Crippen LogP contribution in [0.3, 0.4) is 0 Å². The lowest BCUT2D eigenvalue weighted by Gasteiger charge is -2.25. The lowest BCUT2D eigenvalue weighted by Crippen LogP contribution is -2.43. The maximum atomic E-state index is 12.0. The average molecular weight is 271 g/mol. The molecule has 1 aliphatic rings. The van der Waals surface area contributed by atoms with Gasteiger partial charge in [-0.05, 0) is 33.7 Å². The van der Waals surface area contributed by atoms with Crippen LogP contribution in [0.25, 0.3) is 0 Å². The van der Waals surface area contributed by atoms with Crippen LogP contribution in [0.2, 0.25) is 0 Å². The van der Waals surface area contributed by atoms with Crippen LogP contribution >= 0.6 is 0 Å². The summed E-state index contributed by atoms with van der Waals surface area (Å²) in [4.78, 5) is 16.1. The summed E-state index contributed by atoms with van der Waals surface area (Å²) in [5, 5.41) is 12.5. The van der Waals surface area contributed by atoms with Crippen molar-refractivity contribution < 1.29 is 9.90 Å². The first-order valence-electron chi connectivity index (χ1n) is 7.40. The maximum Gasteiger partial charge on any atom is 0.317 e. The number of hydrogen-bond acceptors (Lipinski definition) is 3. The lowest BCUT2D eigenvalue weighted by atomic mass is 10.0. The molecule has 1 heterocycles. The zero-order chi connectivity index (χ0) is 14.4. The van der Waals surface area contributed by atoms with Crippen LogP contribution in [0.1, 0.15) is 34.1 Å². The Morgan fingerprint density at radius 1 is 1.47 bits per heavy atom. The van der Waals surface area contributed by atoms with E-state index >= 15 is 0 Å². The predicted molar refractivity (Wildman–Crippen MR) is 77.1 cm³/mol. The number of likely N-dealkylation sites (tertiary alicyclic amines) is 1. The number of aliphatic hydroxyl groups excluding tert-OH is 1. The molecule has 0 bridgehead atoms. The molecule has 0 aromatic rings. The minimum atomic E-state index is -0.325. The van der Waals surface area contributed by atoms with Crippen LogP contribution in [0.5, 0.6) is 0 Å². The molecule has 0 unspecified atom stereocenters. The van der Waals surface area contributed by atoms with E-state index in [1.165, 1.54) is 0 Å². The first-order chi connectivity index (χ1) is 8.95. The fourth-order valence-corrected chi connectivity index (χ4v) is 2.57. The van der Waals surface area contributed by atoms with E-state index in [-0.39, 0.29) is 18.1 Å². The Bertz CT molecular complexity index is 282. The third-order valence-corrected chi connectivity index (χ3v) is 4.01. The maximum absolute atomic E-state index is 12.0. The fraction of sp³-hybridized carbons (Fsp3) is 0.929. The predicted octanol–water partition coefficient (Wildman–Crippen LogP) is 1.13. The molecule has 2 atom stereocenters. The van der Waals surface area contributed by atoms with Gasteiger partial charge in [0, 0.05) is 38.1 Å². The van der Waals surface area contributed by atoms with Crippen LogP contribution in [0.15, 0.2) is 0 Å². The van der Waals surface area contributed by atoms with E-state index in [9.17, 15) is 9.90 Å². The Morgan fingerprint density at radius 2 is 2.16 bits per heavy atom. The number of nitrogens with zero attached hydrogens (tertiary/aromatic N) is 2. The highest BCUT2D eigenvalue weighted by Gasteiger charge is 2.28. The summed E-state index contributed by atoms with van der Waals surface area (Å²) in [6.45, 7) is 12.3. The molecular weight excluding hydrogens is 242 g/mol. The Kier molecular flexibility index (Phi) is 6.58. The van der Waals surface area contributed by atoms with Crippen LogP contribution in [-0.4, -0.2) is 65.8 Å². The Labute approximate surface area is 117 Å². The molecule has 2 N–H and O–H groups in total. The van der Waals surface area contributed by atoms with Gasteiger partial charge in [-0.25, -0.2) is 4.79 Å². The number of amides is 2. The van der Waals surface area contributed by atoms with Crippen molar-refractivity contribution in [1.29, 1.82) is 0 Å². The summed E-state index contributed by atoms with van der Waals surface area (Å²) in [7, 11) is 0. The van der Waals surface area contributed by atoms with Crippen molar-refractivity contribution in [2.45, 2.75) is 46.3 Å². The van der Waals surface area contributed by atoms with E-state index in [0.717, 1.165) is 26.1 Å². The van der Waals surface area contributed by atoms with Gasteiger partial charge in [-0.2, -0.15) is 0 Å². The van der Waals surface area contributed by atoms with Crippen LogP contribution in [0.4, 0.5) is 4.79 Å². The summed E-state index contributed by atoms with van der Waals surface area (Å²) in [5.74, 6) is 0.230. The van der Waals surface area contributed by atoms with Gasteiger partial charge in [-0.3, -0.25) is 4.90 Å². The highest BCUT2D eigenvalue weighted by atomic mass is 16.3. The summed E-state index contributed by atoms with van der Waals surface area (Å²) in [6, 6.07) is 0.510. The number of carbonyl (C=O) groups is 1. The zero-order valence-corrected chi connectivity index (χ0v) is 12.7. The van der Waals surface area contributed by atoms with Crippen LogP contribution in [-0.2, 0) is 0 Å². The SMILES string of the molecule is CCN(CCNC(=O)N1CC[C@H]([C@H](C)O)C1)C(C)C. The van der Waals surface area contributed by atoms with E-state index in [4.69, 9.17) is 0 Å². The van der Waals surface area contributed by atoms with E-state index < -0.39 is 0 Å². The van der Waals surface area contributed by atoms with Gasteiger partial charge < -0.3 is 15.3 Å². The Balaban J connectivity index is 2.25. The molecular formula is C14H29N3O2. The Morgan fingerprint density at radius 3 is 2.63 bits per heavy atom. The largest absolute Gasteiger partial charge is 0.393 e. The molecule has 1 saturated heterocycles. The lowest BCUT2D eigenvalue weighted by molar-refractivity contribution is 0.129. The van der Waals surface area contributed by atoms with E-state index in [1.54, 1.807) is 6.92 Å². The standard InChI is InChI=1S/C14H29N3O2/c1-5-16(11(2)3)9-7-15-14(19)17-8-6-13(10-17)12(4)18/h11-13,18H,5-10H2,1-4H3,(H,15,19)/t12-,13-/m0/s1. The van der Waals surface area contributed by atoms with Crippen LogP contribution < -0.4 is 5.32 Å². The molecule has 1 rings (SSSR count). The van der Waals surface area contributed by atoms with Crippen molar-refractivity contribution in [3.8, 4) is 0 Å². The molecule has 0 aromatic heterocycles. The number of carbonyl (C=O) groups excluding carboxylic acids is 1. The van der Waals surface area contributed by atoms with Gasteiger partial charge in [0.2, 0.25) is 0 Å². The highest BCUT2D eigenvalue weighted by Crippen LogP contribution is 2.19. The Hall–Kier alpha value is -0.810. The molecule has 0 aliphatic carbocycles. The summed E-state index contributed by atoms with van der Waals surface area (Å²) in [6.07, 6.45) is 0.576. The molecule has 1 fully saturated rings. The monoisotopic (exact) mass is 271 g/mol. The van der Waals surface area contributed by atoms with Gasteiger partial charge in [0.1, 0.15) is 0 Å². The third kappa shape index (κ3) is 4.99. The summed E-state index contributed by atoms with van der Waals surface area (Å²) in [5.41, 5.74) is 0. The van der Waals surface area contributed by atoms with Gasteiger partial charge in [0.15, 0.2) is 0 Å². The number of aliphatic hydroxyl groups is 1. The van der Waals surface area contributed by atoms with Crippen molar-refractivity contribution in [3.05, 3.63) is 0 Å². The molecule has 1 aliphatic heterocycles. The molecule has 0 spiro atoms. The summed E-state index contributed by atoms with van der Waals surface area (Å²) >= 11 is 0. The minimum Gasteiger partial charge on any atom is -0.393 e. The van der Waals surface area contributed by atoms with E-state index in [2.05, 4.69) is 31.0 Å². The van der Waals surface area contributed by atoms with Crippen molar-refractivity contribution in [3.63, 3.8) is 0 Å². The molecule has 0 radical (unpaired) electrons. The second kappa shape index (κ2) is 7.70. The van der Waals surface area contributed by atoms with Gasteiger partial charge in [0.25, 0.3) is 0 Å². The van der Waals surface area contributed by atoms with Crippen LogP contribution in [0, 0.1) is 5.92 Å². The third-order valence-electron chi connectivity index (χ3n) is 4.01. The molecule has 19 heavy (non-hydrogen) atoms. The second-order valence-electron chi connectivity index (χ2n) is 5.69. The molecule has 2 amide bonds. The van der Waals surface area contributed by atoms with Gasteiger partial charge in [-0.15, -0.1) is 0 Å². The van der Waals surface area contributed by atoms with Gasteiger partial charge in [0.05, 0.1) is 6.10 Å². The first kappa shape index (κ1) is 16.2. The molecule has 0 aromatic carbocycles. The van der Waals surface area contributed by atoms with E-state index in [0.29, 0.717) is 19.1 Å². The van der Waals surface area contributed by atoms with Crippen molar-refractivity contribution in [1.82, 2.24) is 15.1 Å². The van der Waals surface area contributed by atoms with Crippen molar-refractivity contribution in [2.24, 2.45) is 5.92 Å². The average Bonchev–Trinajstić information content (AvgIpc) is 2.83. The quantitative estimate of drug-likeness (QED) is 0.761. The molecule has 5 heteroatoms. The van der Waals surface area contributed by atoms with E-state index in [1.807, 2.05) is 4.90 Å².